The van der Waals surface area contributed by atoms with Gasteiger partial charge in [0.1, 0.15) is 0 Å². The third-order valence-electron chi connectivity index (χ3n) is 3.39. The van der Waals surface area contributed by atoms with Crippen molar-refractivity contribution in [3.8, 4) is 0 Å². The monoisotopic (exact) mass is 277 g/mol. The van der Waals surface area contributed by atoms with E-state index in [1.54, 1.807) is 0 Å². The zero-order valence-electron chi connectivity index (χ0n) is 11.8. The molecule has 0 aliphatic carbocycles. The van der Waals surface area contributed by atoms with Gasteiger partial charge in [0.25, 0.3) is 5.91 Å². The summed E-state index contributed by atoms with van der Waals surface area (Å²) in [7, 11) is 1.94. The van der Waals surface area contributed by atoms with Crippen LogP contribution < -0.4 is 5.32 Å². The summed E-state index contributed by atoms with van der Waals surface area (Å²) in [5, 5.41) is 9.30. The highest BCUT2D eigenvalue weighted by molar-refractivity contribution is 7.12. The van der Waals surface area contributed by atoms with E-state index in [-0.39, 0.29) is 5.91 Å². The highest BCUT2D eigenvalue weighted by Crippen LogP contribution is 2.15. The molecule has 0 saturated heterocycles. The Balaban J connectivity index is 1.94. The van der Waals surface area contributed by atoms with Gasteiger partial charge in [-0.15, -0.1) is 11.3 Å². The second kappa shape index (κ2) is 5.57. The van der Waals surface area contributed by atoms with Crippen LogP contribution in [0.5, 0.6) is 0 Å². The van der Waals surface area contributed by atoms with E-state index in [1.165, 1.54) is 22.6 Å². The Morgan fingerprint density at radius 1 is 1.42 bits per heavy atom. The van der Waals surface area contributed by atoms with Crippen LogP contribution in [-0.2, 0) is 13.5 Å². The lowest BCUT2D eigenvalue weighted by molar-refractivity contribution is 0.0957. The van der Waals surface area contributed by atoms with E-state index in [9.17, 15) is 4.79 Å². The molecule has 0 aliphatic heterocycles. The number of hydrogen-bond acceptors (Lipinski definition) is 3. The Morgan fingerprint density at radius 2 is 2.16 bits per heavy atom. The molecule has 4 nitrogen and oxygen atoms in total. The Bertz CT molecular complexity index is 598. The number of aryl methyl sites for hydroxylation is 3. The standard InChI is InChI=1S/C14H19N3OS/c1-9-6-8-19-13(9)14(18)15-7-5-12-10(2)16-17(4)11(12)3/h6,8H,5,7H2,1-4H3,(H,15,18). The van der Waals surface area contributed by atoms with Crippen molar-refractivity contribution in [2.24, 2.45) is 7.05 Å². The van der Waals surface area contributed by atoms with Crippen molar-refractivity contribution in [1.29, 1.82) is 0 Å². The van der Waals surface area contributed by atoms with Gasteiger partial charge in [-0.05, 0) is 49.8 Å². The number of nitrogens with one attached hydrogen (secondary N) is 1. The van der Waals surface area contributed by atoms with Crippen LogP contribution in [0.4, 0.5) is 0 Å². The van der Waals surface area contributed by atoms with Crippen LogP contribution in [0, 0.1) is 20.8 Å². The summed E-state index contributed by atoms with van der Waals surface area (Å²) in [4.78, 5) is 12.8. The van der Waals surface area contributed by atoms with Gasteiger partial charge in [-0.1, -0.05) is 0 Å². The maximum absolute atomic E-state index is 12.0. The summed E-state index contributed by atoms with van der Waals surface area (Å²) >= 11 is 1.49. The minimum absolute atomic E-state index is 0.0201. The first-order valence-corrected chi connectivity index (χ1v) is 7.20. The molecule has 2 aromatic rings. The lowest BCUT2D eigenvalue weighted by Crippen LogP contribution is -2.25. The SMILES string of the molecule is Cc1ccsc1C(=O)NCCc1c(C)nn(C)c1C. The molecule has 0 aromatic carbocycles. The zero-order valence-corrected chi connectivity index (χ0v) is 12.6. The van der Waals surface area contributed by atoms with Crippen molar-refractivity contribution in [2.45, 2.75) is 27.2 Å². The molecular formula is C14H19N3OS. The molecule has 0 fully saturated rings. The largest absolute Gasteiger partial charge is 0.351 e. The minimum atomic E-state index is 0.0201. The van der Waals surface area contributed by atoms with Gasteiger partial charge >= 0.3 is 0 Å². The van der Waals surface area contributed by atoms with Gasteiger partial charge in [-0.3, -0.25) is 9.48 Å². The van der Waals surface area contributed by atoms with Gasteiger partial charge in [0, 0.05) is 19.3 Å². The van der Waals surface area contributed by atoms with E-state index in [0.29, 0.717) is 6.54 Å². The number of thiophene rings is 1. The summed E-state index contributed by atoms with van der Waals surface area (Å²) in [6, 6.07) is 1.97. The van der Waals surface area contributed by atoms with Crippen molar-refractivity contribution in [1.82, 2.24) is 15.1 Å². The summed E-state index contributed by atoms with van der Waals surface area (Å²) in [6.07, 6.45) is 0.821. The van der Waals surface area contributed by atoms with Crippen LogP contribution in [0.1, 0.15) is 32.2 Å². The number of hydrogen-bond donors (Lipinski definition) is 1. The predicted octanol–water partition coefficient (Wildman–Crippen LogP) is 2.38. The van der Waals surface area contributed by atoms with E-state index in [4.69, 9.17) is 0 Å². The average Bonchev–Trinajstić information content (AvgIpc) is 2.88. The number of amides is 1. The molecule has 1 N–H and O–H groups in total. The first-order chi connectivity index (χ1) is 9.00. The van der Waals surface area contributed by atoms with Crippen molar-refractivity contribution in [2.75, 3.05) is 6.54 Å². The molecule has 2 aromatic heterocycles. The summed E-state index contributed by atoms with van der Waals surface area (Å²) in [6.45, 7) is 6.67. The number of carbonyl (C=O) groups is 1. The van der Waals surface area contributed by atoms with Crippen molar-refractivity contribution in [3.05, 3.63) is 38.8 Å². The summed E-state index contributed by atoms with van der Waals surface area (Å²) in [5.41, 5.74) is 4.47. The fraction of sp³-hybridized carbons (Fsp3) is 0.429. The molecule has 2 rings (SSSR count). The minimum Gasteiger partial charge on any atom is -0.351 e. The lowest BCUT2D eigenvalue weighted by atomic mass is 10.1. The van der Waals surface area contributed by atoms with Gasteiger partial charge < -0.3 is 5.32 Å². The lowest BCUT2D eigenvalue weighted by Gasteiger charge is -2.05. The van der Waals surface area contributed by atoms with Crippen LogP contribution >= 0.6 is 11.3 Å². The summed E-state index contributed by atoms with van der Waals surface area (Å²) < 4.78 is 1.88. The smallest absolute Gasteiger partial charge is 0.261 e. The van der Waals surface area contributed by atoms with Gasteiger partial charge in [0.05, 0.1) is 10.6 Å². The number of carbonyl (C=O) groups excluding carboxylic acids is 1. The molecule has 0 unspecified atom stereocenters. The zero-order chi connectivity index (χ0) is 14.0. The molecule has 0 radical (unpaired) electrons. The number of rotatable bonds is 4. The first kappa shape index (κ1) is 13.8. The van der Waals surface area contributed by atoms with E-state index >= 15 is 0 Å². The number of nitrogens with zero attached hydrogens (tertiary/aromatic N) is 2. The Hall–Kier alpha value is -1.62. The van der Waals surface area contributed by atoms with E-state index < -0.39 is 0 Å². The van der Waals surface area contributed by atoms with Gasteiger partial charge in [-0.25, -0.2) is 0 Å². The maximum atomic E-state index is 12.0. The maximum Gasteiger partial charge on any atom is 0.261 e. The van der Waals surface area contributed by atoms with Crippen LogP contribution in [-0.4, -0.2) is 22.2 Å². The molecule has 0 atom stereocenters. The van der Waals surface area contributed by atoms with Crippen molar-refractivity contribution < 1.29 is 4.79 Å². The van der Waals surface area contributed by atoms with Gasteiger partial charge in [0.2, 0.25) is 0 Å². The van der Waals surface area contributed by atoms with E-state index in [1.807, 2.05) is 37.0 Å². The molecular weight excluding hydrogens is 258 g/mol. The van der Waals surface area contributed by atoms with Crippen LogP contribution in [0.3, 0.4) is 0 Å². The van der Waals surface area contributed by atoms with Crippen LogP contribution in [0.25, 0.3) is 0 Å². The quantitative estimate of drug-likeness (QED) is 0.932. The van der Waals surface area contributed by atoms with Crippen LogP contribution in [0.2, 0.25) is 0 Å². The second-order valence-electron chi connectivity index (χ2n) is 4.71. The molecule has 1 amide bonds. The van der Waals surface area contributed by atoms with E-state index in [2.05, 4.69) is 17.3 Å². The molecule has 102 valence electrons. The fourth-order valence-electron chi connectivity index (χ4n) is 2.17. The third-order valence-corrected chi connectivity index (χ3v) is 4.40. The highest BCUT2D eigenvalue weighted by atomic mass is 32.1. The topological polar surface area (TPSA) is 46.9 Å². The molecule has 19 heavy (non-hydrogen) atoms. The molecule has 0 aliphatic rings. The first-order valence-electron chi connectivity index (χ1n) is 6.32. The molecule has 0 spiro atoms. The summed E-state index contributed by atoms with van der Waals surface area (Å²) in [5.74, 6) is 0.0201. The fourth-order valence-corrected chi connectivity index (χ4v) is 3.01. The van der Waals surface area contributed by atoms with Crippen molar-refractivity contribution >= 4 is 17.2 Å². The Labute approximate surface area is 117 Å². The van der Waals surface area contributed by atoms with Gasteiger partial charge in [-0.2, -0.15) is 5.10 Å². The Morgan fingerprint density at radius 3 is 2.68 bits per heavy atom. The average molecular weight is 277 g/mol. The second-order valence-corrected chi connectivity index (χ2v) is 5.63. The third kappa shape index (κ3) is 2.87. The van der Waals surface area contributed by atoms with Crippen LogP contribution in [0.15, 0.2) is 11.4 Å². The molecule has 0 saturated carbocycles. The van der Waals surface area contributed by atoms with Crippen molar-refractivity contribution in [3.63, 3.8) is 0 Å². The Kier molecular flexibility index (Phi) is 4.04. The normalized spacial score (nSPS) is 10.7. The molecule has 2 heterocycles. The molecule has 0 bridgehead atoms. The highest BCUT2D eigenvalue weighted by Gasteiger charge is 2.12. The van der Waals surface area contributed by atoms with Gasteiger partial charge in [0.15, 0.2) is 0 Å². The van der Waals surface area contributed by atoms with E-state index in [0.717, 1.165) is 22.6 Å². The predicted molar refractivity (Wildman–Crippen MR) is 77.8 cm³/mol. The molecule has 5 heteroatoms. The number of aromatic nitrogens is 2.